The molecule has 0 bridgehead atoms. The van der Waals surface area contributed by atoms with Gasteiger partial charge in [0.05, 0.1) is 12.3 Å². The van der Waals surface area contributed by atoms with Crippen LogP contribution in [0.4, 0.5) is 17.1 Å². The Morgan fingerprint density at radius 3 is 2.52 bits per heavy atom. The molecule has 0 unspecified atom stereocenters. The normalized spacial score (nSPS) is 13.9. The highest BCUT2D eigenvalue weighted by Crippen LogP contribution is 2.24. The summed E-state index contributed by atoms with van der Waals surface area (Å²) in [6, 6.07) is 16.0. The Balaban J connectivity index is 1.44. The van der Waals surface area contributed by atoms with E-state index in [-0.39, 0.29) is 5.91 Å². The number of hydrogen-bond donors (Lipinski definition) is 2. The third-order valence-electron chi connectivity index (χ3n) is 4.73. The number of nitrogens with zero attached hydrogens (tertiary/aromatic N) is 1. The molecular weight excluding hydrogens is 338 g/mol. The summed E-state index contributed by atoms with van der Waals surface area (Å²) in [4.78, 5) is 14.6. The summed E-state index contributed by atoms with van der Waals surface area (Å²) in [6.07, 6.45) is 4.30. The number of para-hydroxylation sites is 2. The Morgan fingerprint density at radius 2 is 1.78 bits per heavy atom. The molecule has 0 radical (unpaired) electrons. The first-order chi connectivity index (χ1) is 13.3. The largest absolute Gasteiger partial charge is 0.492 e. The minimum Gasteiger partial charge on any atom is -0.492 e. The van der Waals surface area contributed by atoms with Crippen LogP contribution in [0.3, 0.4) is 0 Å². The van der Waals surface area contributed by atoms with Gasteiger partial charge >= 0.3 is 0 Å². The van der Waals surface area contributed by atoms with Crippen molar-refractivity contribution in [2.75, 3.05) is 41.8 Å². The third kappa shape index (κ3) is 5.64. The Kier molecular flexibility index (Phi) is 6.97. The van der Waals surface area contributed by atoms with Gasteiger partial charge in [-0.2, -0.15) is 0 Å². The van der Waals surface area contributed by atoms with Crippen molar-refractivity contribution in [3.05, 3.63) is 48.5 Å². The molecule has 2 aromatic carbocycles. The molecule has 1 aliphatic heterocycles. The predicted octanol–water partition coefficient (Wildman–Crippen LogP) is 4.52. The maximum absolute atomic E-state index is 12.2. The van der Waals surface area contributed by atoms with E-state index in [1.54, 1.807) is 0 Å². The van der Waals surface area contributed by atoms with Gasteiger partial charge in [-0.25, -0.2) is 0 Å². The van der Waals surface area contributed by atoms with Crippen LogP contribution in [0.1, 0.15) is 32.6 Å². The van der Waals surface area contributed by atoms with E-state index in [0.717, 1.165) is 24.5 Å². The summed E-state index contributed by atoms with van der Waals surface area (Å²) in [5.41, 5.74) is 3.04. The lowest BCUT2D eigenvalue weighted by Gasteiger charge is -2.28. The lowest BCUT2D eigenvalue weighted by molar-refractivity contribution is -0.116. The summed E-state index contributed by atoms with van der Waals surface area (Å²) in [5, 5.41) is 6.24. The van der Waals surface area contributed by atoms with Gasteiger partial charge in [0.2, 0.25) is 5.91 Å². The fourth-order valence-corrected chi connectivity index (χ4v) is 3.33. The van der Waals surface area contributed by atoms with Crippen LogP contribution in [-0.2, 0) is 4.79 Å². The van der Waals surface area contributed by atoms with Crippen molar-refractivity contribution in [2.24, 2.45) is 0 Å². The van der Waals surface area contributed by atoms with Crippen LogP contribution in [0.15, 0.2) is 48.5 Å². The molecule has 2 N–H and O–H groups in total. The van der Waals surface area contributed by atoms with Crippen molar-refractivity contribution in [1.29, 1.82) is 0 Å². The number of carbonyl (C=O) groups is 1. The van der Waals surface area contributed by atoms with Gasteiger partial charge in [0.1, 0.15) is 5.75 Å². The number of amides is 1. The zero-order valence-corrected chi connectivity index (χ0v) is 16.0. The highest BCUT2D eigenvalue weighted by molar-refractivity contribution is 5.92. The fraction of sp³-hybridized carbons (Fsp3) is 0.409. The molecule has 27 heavy (non-hydrogen) atoms. The molecule has 5 nitrogen and oxygen atoms in total. The zero-order chi connectivity index (χ0) is 18.9. The maximum Gasteiger partial charge on any atom is 0.226 e. The fourth-order valence-electron chi connectivity index (χ4n) is 3.33. The monoisotopic (exact) mass is 367 g/mol. The average Bonchev–Trinajstić information content (AvgIpc) is 2.71. The van der Waals surface area contributed by atoms with E-state index in [9.17, 15) is 4.79 Å². The standard InChI is InChI=1S/C22H29N3O2/c1-2-27-21-9-5-4-8-20(21)24-22(26)14-15-23-18-10-12-19(13-11-18)25-16-6-3-7-17-25/h4-5,8-13,23H,2-3,6-7,14-17H2,1H3,(H,24,26). The SMILES string of the molecule is CCOc1ccccc1NC(=O)CCNc1ccc(N2CCCCC2)cc1. The number of piperidine rings is 1. The van der Waals surface area contributed by atoms with Crippen LogP contribution in [0.25, 0.3) is 0 Å². The molecule has 2 aromatic rings. The Labute approximate surface area is 161 Å². The zero-order valence-electron chi connectivity index (χ0n) is 16.0. The van der Waals surface area contributed by atoms with Crippen LogP contribution < -0.4 is 20.3 Å². The first-order valence-corrected chi connectivity index (χ1v) is 9.87. The van der Waals surface area contributed by atoms with E-state index in [4.69, 9.17) is 4.74 Å². The number of nitrogens with one attached hydrogen (secondary N) is 2. The van der Waals surface area contributed by atoms with Crippen LogP contribution in [0.5, 0.6) is 5.75 Å². The summed E-state index contributed by atoms with van der Waals surface area (Å²) in [5.74, 6) is 0.675. The van der Waals surface area contributed by atoms with E-state index >= 15 is 0 Å². The second-order valence-electron chi connectivity index (χ2n) is 6.75. The molecule has 1 fully saturated rings. The molecule has 144 valence electrons. The minimum atomic E-state index is -0.0282. The van der Waals surface area contributed by atoms with Crippen LogP contribution in [-0.4, -0.2) is 32.1 Å². The number of anilines is 3. The second kappa shape index (κ2) is 9.86. The number of ether oxygens (including phenoxy) is 1. The molecule has 1 amide bonds. The van der Waals surface area contributed by atoms with Gasteiger partial charge in [-0.15, -0.1) is 0 Å². The molecule has 3 rings (SSSR count). The number of benzene rings is 2. The molecule has 0 atom stereocenters. The molecule has 5 heteroatoms. The van der Waals surface area contributed by atoms with Crippen molar-refractivity contribution in [2.45, 2.75) is 32.6 Å². The van der Waals surface area contributed by atoms with Crippen LogP contribution in [0, 0.1) is 0 Å². The van der Waals surface area contributed by atoms with Gasteiger partial charge in [0, 0.05) is 37.4 Å². The number of hydrogen-bond acceptors (Lipinski definition) is 4. The Bertz CT molecular complexity index is 725. The molecule has 0 saturated carbocycles. The lowest BCUT2D eigenvalue weighted by atomic mass is 10.1. The predicted molar refractivity (Wildman–Crippen MR) is 112 cm³/mol. The number of carbonyl (C=O) groups excluding carboxylic acids is 1. The van der Waals surface area contributed by atoms with E-state index in [1.165, 1.54) is 24.9 Å². The van der Waals surface area contributed by atoms with Crippen molar-refractivity contribution in [3.63, 3.8) is 0 Å². The minimum absolute atomic E-state index is 0.0282. The molecule has 1 heterocycles. The van der Waals surface area contributed by atoms with E-state index in [2.05, 4.69) is 39.8 Å². The molecule has 0 spiro atoms. The maximum atomic E-state index is 12.2. The highest BCUT2D eigenvalue weighted by atomic mass is 16.5. The first-order valence-electron chi connectivity index (χ1n) is 9.87. The van der Waals surface area contributed by atoms with Crippen LogP contribution >= 0.6 is 0 Å². The number of rotatable bonds is 8. The van der Waals surface area contributed by atoms with Gasteiger partial charge in [-0.3, -0.25) is 4.79 Å². The molecule has 0 aromatic heterocycles. The summed E-state index contributed by atoms with van der Waals surface area (Å²) < 4.78 is 5.54. The van der Waals surface area contributed by atoms with Gasteiger partial charge in [-0.05, 0) is 62.6 Å². The lowest BCUT2D eigenvalue weighted by Crippen LogP contribution is -2.29. The molecule has 0 aliphatic carbocycles. The van der Waals surface area contributed by atoms with Gasteiger partial charge < -0.3 is 20.3 Å². The topological polar surface area (TPSA) is 53.6 Å². The van der Waals surface area contributed by atoms with Gasteiger partial charge in [0.15, 0.2) is 0 Å². The van der Waals surface area contributed by atoms with Crippen molar-refractivity contribution < 1.29 is 9.53 Å². The van der Waals surface area contributed by atoms with Crippen molar-refractivity contribution in [1.82, 2.24) is 0 Å². The highest BCUT2D eigenvalue weighted by Gasteiger charge is 2.11. The van der Waals surface area contributed by atoms with Crippen molar-refractivity contribution in [3.8, 4) is 5.75 Å². The first kappa shape index (κ1) is 19.1. The van der Waals surface area contributed by atoms with Crippen LogP contribution in [0.2, 0.25) is 0 Å². The van der Waals surface area contributed by atoms with Crippen molar-refractivity contribution >= 4 is 23.0 Å². The Morgan fingerprint density at radius 1 is 1.04 bits per heavy atom. The van der Waals surface area contributed by atoms with E-state index in [0.29, 0.717) is 25.3 Å². The average molecular weight is 367 g/mol. The summed E-state index contributed by atoms with van der Waals surface area (Å²) in [7, 11) is 0. The third-order valence-corrected chi connectivity index (χ3v) is 4.73. The smallest absolute Gasteiger partial charge is 0.226 e. The molecular formula is C22H29N3O2. The quantitative estimate of drug-likeness (QED) is 0.720. The molecule has 1 saturated heterocycles. The summed E-state index contributed by atoms with van der Waals surface area (Å²) in [6.45, 7) is 5.39. The second-order valence-corrected chi connectivity index (χ2v) is 6.75. The van der Waals surface area contributed by atoms with E-state index in [1.807, 2.05) is 31.2 Å². The van der Waals surface area contributed by atoms with E-state index < -0.39 is 0 Å². The van der Waals surface area contributed by atoms with Gasteiger partial charge in [0.25, 0.3) is 0 Å². The molecule has 1 aliphatic rings. The summed E-state index contributed by atoms with van der Waals surface area (Å²) >= 11 is 0. The Hall–Kier alpha value is -2.69. The van der Waals surface area contributed by atoms with Gasteiger partial charge in [-0.1, -0.05) is 12.1 Å².